The summed E-state index contributed by atoms with van der Waals surface area (Å²) in [6.45, 7) is 1.20. The fraction of sp³-hybridized carbons (Fsp3) is 0.381. The molecule has 1 unspecified atom stereocenters. The number of amides is 1. The van der Waals surface area contributed by atoms with Crippen LogP contribution in [0.3, 0.4) is 0 Å². The molecule has 0 spiro atoms. The average Bonchev–Trinajstić information content (AvgIpc) is 3.22. The first-order valence-corrected chi connectivity index (χ1v) is 9.31. The van der Waals surface area contributed by atoms with Crippen molar-refractivity contribution in [3.8, 4) is 11.5 Å². The van der Waals surface area contributed by atoms with E-state index in [0.717, 1.165) is 24.9 Å². The van der Waals surface area contributed by atoms with Crippen molar-refractivity contribution in [1.29, 1.82) is 0 Å². The van der Waals surface area contributed by atoms with Crippen LogP contribution in [-0.2, 0) is 17.8 Å². The van der Waals surface area contributed by atoms with Gasteiger partial charge < -0.3 is 20.1 Å². The van der Waals surface area contributed by atoms with Gasteiger partial charge in [-0.15, -0.1) is 0 Å². The molecule has 150 valence electrons. The number of nitrogens with one attached hydrogen (secondary N) is 2. The molecular formula is C21H24F2N2O3. The van der Waals surface area contributed by atoms with Crippen molar-refractivity contribution in [3.63, 3.8) is 0 Å². The third-order valence-corrected chi connectivity index (χ3v) is 4.70. The van der Waals surface area contributed by atoms with Crippen LogP contribution in [0.1, 0.15) is 24.0 Å². The molecule has 1 heterocycles. The maximum Gasteiger partial charge on any atom is 0.237 e. The largest absolute Gasteiger partial charge is 0.496 e. The number of carbonyl (C=O) groups excluding carboxylic acids is 1. The Morgan fingerprint density at radius 3 is 2.82 bits per heavy atom. The van der Waals surface area contributed by atoms with Crippen LogP contribution in [0.2, 0.25) is 0 Å². The minimum absolute atomic E-state index is 0.0563. The number of carbonyl (C=O) groups is 1. The molecule has 1 atom stereocenters. The van der Waals surface area contributed by atoms with E-state index in [1.54, 1.807) is 12.1 Å². The number of halogens is 2. The first-order valence-electron chi connectivity index (χ1n) is 9.31. The summed E-state index contributed by atoms with van der Waals surface area (Å²) in [4.78, 5) is 12.1. The third kappa shape index (κ3) is 5.19. The molecule has 1 saturated heterocycles. The van der Waals surface area contributed by atoms with E-state index in [9.17, 15) is 13.6 Å². The standard InChI is InChI=1S/C21H24F2N2O3/c1-27-19-12-20(28-9-7-14-4-2-5-16(22)10-14)17(23)11-15(19)13-25-21(26)18-6-3-8-24-18/h2,4-5,10-12,18,24H,3,6-9,13H2,1H3,(H,25,26). The smallest absolute Gasteiger partial charge is 0.237 e. The molecule has 0 saturated carbocycles. The van der Waals surface area contributed by atoms with Gasteiger partial charge in [-0.25, -0.2) is 8.78 Å². The van der Waals surface area contributed by atoms with Gasteiger partial charge >= 0.3 is 0 Å². The van der Waals surface area contributed by atoms with Gasteiger partial charge in [-0.3, -0.25) is 4.79 Å². The van der Waals surface area contributed by atoms with Crippen LogP contribution in [-0.4, -0.2) is 32.2 Å². The normalized spacial score (nSPS) is 16.0. The second-order valence-corrected chi connectivity index (χ2v) is 6.69. The highest BCUT2D eigenvalue weighted by atomic mass is 19.1. The Labute approximate surface area is 163 Å². The van der Waals surface area contributed by atoms with Crippen molar-refractivity contribution in [2.24, 2.45) is 0 Å². The average molecular weight is 390 g/mol. The number of rotatable bonds is 8. The van der Waals surface area contributed by atoms with Crippen LogP contribution in [0.4, 0.5) is 8.78 Å². The van der Waals surface area contributed by atoms with Crippen LogP contribution < -0.4 is 20.1 Å². The highest BCUT2D eigenvalue weighted by Gasteiger charge is 2.22. The molecule has 0 aliphatic carbocycles. The Kier molecular flexibility index (Phi) is 6.81. The van der Waals surface area contributed by atoms with Crippen LogP contribution >= 0.6 is 0 Å². The van der Waals surface area contributed by atoms with E-state index in [4.69, 9.17) is 9.47 Å². The van der Waals surface area contributed by atoms with Gasteiger partial charge in [-0.1, -0.05) is 12.1 Å². The van der Waals surface area contributed by atoms with Gasteiger partial charge in [-0.05, 0) is 43.1 Å². The van der Waals surface area contributed by atoms with E-state index in [0.29, 0.717) is 17.7 Å². The highest BCUT2D eigenvalue weighted by Crippen LogP contribution is 2.28. The summed E-state index contributed by atoms with van der Waals surface area (Å²) in [6.07, 6.45) is 2.22. The minimum atomic E-state index is -0.539. The predicted octanol–water partition coefficient (Wildman–Crippen LogP) is 2.96. The van der Waals surface area contributed by atoms with Crippen molar-refractivity contribution >= 4 is 5.91 Å². The maximum atomic E-state index is 14.4. The molecule has 1 amide bonds. The maximum absolute atomic E-state index is 14.4. The van der Waals surface area contributed by atoms with Gasteiger partial charge in [0.1, 0.15) is 11.6 Å². The SMILES string of the molecule is COc1cc(OCCc2cccc(F)c2)c(F)cc1CNC(=O)C1CCCN1. The third-order valence-electron chi connectivity index (χ3n) is 4.70. The van der Waals surface area contributed by atoms with Crippen molar-refractivity contribution in [2.45, 2.75) is 31.8 Å². The number of hydrogen-bond donors (Lipinski definition) is 2. The topological polar surface area (TPSA) is 59.6 Å². The molecule has 2 aromatic rings. The molecule has 28 heavy (non-hydrogen) atoms. The highest BCUT2D eigenvalue weighted by molar-refractivity contribution is 5.82. The molecular weight excluding hydrogens is 366 g/mol. The fourth-order valence-electron chi connectivity index (χ4n) is 3.20. The summed E-state index contributed by atoms with van der Waals surface area (Å²) in [5.41, 5.74) is 1.30. The van der Waals surface area contributed by atoms with Gasteiger partial charge in [0, 0.05) is 24.6 Å². The number of methoxy groups -OCH3 is 1. The van der Waals surface area contributed by atoms with E-state index in [-0.39, 0.29) is 36.7 Å². The lowest BCUT2D eigenvalue weighted by Crippen LogP contribution is -2.40. The monoisotopic (exact) mass is 390 g/mol. The van der Waals surface area contributed by atoms with Crippen LogP contribution in [0.25, 0.3) is 0 Å². The number of hydrogen-bond acceptors (Lipinski definition) is 4. The molecule has 1 fully saturated rings. The minimum Gasteiger partial charge on any atom is -0.496 e. The van der Waals surface area contributed by atoms with Gasteiger partial charge in [0.15, 0.2) is 11.6 Å². The Morgan fingerprint density at radius 2 is 2.11 bits per heavy atom. The van der Waals surface area contributed by atoms with Gasteiger partial charge in [0.05, 0.1) is 19.8 Å². The first-order chi connectivity index (χ1) is 13.6. The Balaban J connectivity index is 1.59. The molecule has 2 aromatic carbocycles. The van der Waals surface area contributed by atoms with Crippen molar-refractivity contribution < 1.29 is 23.0 Å². The summed E-state index contributed by atoms with van der Waals surface area (Å²) in [5, 5.41) is 5.93. The molecule has 2 N–H and O–H groups in total. The fourth-order valence-corrected chi connectivity index (χ4v) is 3.20. The molecule has 1 aliphatic heterocycles. The number of ether oxygens (including phenoxy) is 2. The van der Waals surface area contributed by atoms with Crippen molar-refractivity contribution in [3.05, 3.63) is 59.2 Å². The van der Waals surface area contributed by atoms with E-state index in [2.05, 4.69) is 10.6 Å². The Hall–Kier alpha value is -2.67. The zero-order valence-electron chi connectivity index (χ0n) is 15.8. The molecule has 0 radical (unpaired) electrons. The molecule has 0 aromatic heterocycles. The van der Waals surface area contributed by atoms with Gasteiger partial charge in [0.25, 0.3) is 0 Å². The Morgan fingerprint density at radius 1 is 1.25 bits per heavy atom. The molecule has 5 nitrogen and oxygen atoms in total. The quantitative estimate of drug-likeness (QED) is 0.728. The molecule has 7 heteroatoms. The van der Waals surface area contributed by atoms with Crippen molar-refractivity contribution in [2.75, 3.05) is 20.3 Å². The predicted molar refractivity (Wildman–Crippen MR) is 101 cm³/mol. The van der Waals surface area contributed by atoms with E-state index < -0.39 is 5.82 Å². The lowest BCUT2D eigenvalue weighted by atomic mass is 10.1. The second kappa shape index (κ2) is 9.50. The first kappa shape index (κ1) is 20.1. The summed E-state index contributed by atoms with van der Waals surface area (Å²) in [6, 6.07) is 8.78. The molecule has 3 rings (SSSR count). The van der Waals surface area contributed by atoms with E-state index in [1.165, 1.54) is 31.4 Å². The van der Waals surface area contributed by atoms with Crippen LogP contribution in [0, 0.1) is 11.6 Å². The second-order valence-electron chi connectivity index (χ2n) is 6.69. The van der Waals surface area contributed by atoms with Crippen LogP contribution in [0.5, 0.6) is 11.5 Å². The van der Waals surface area contributed by atoms with Crippen molar-refractivity contribution in [1.82, 2.24) is 10.6 Å². The number of benzene rings is 2. The van der Waals surface area contributed by atoms with Crippen LogP contribution in [0.15, 0.2) is 36.4 Å². The lowest BCUT2D eigenvalue weighted by molar-refractivity contribution is -0.122. The van der Waals surface area contributed by atoms with E-state index in [1.807, 2.05) is 0 Å². The van der Waals surface area contributed by atoms with Gasteiger partial charge in [-0.2, -0.15) is 0 Å². The Bertz CT molecular complexity index is 823. The summed E-state index contributed by atoms with van der Waals surface area (Å²) < 4.78 is 38.4. The molecule has 1 aliphatic rings. The molecule has 0 bridgehead atoms. The van der Waals surface area contributed by atoms with Gasteiger partial charge in [0.2, 0.25) is 5.91 Å². The lowest BCUT2D eigenvalue weighted by Gasteiger charge is -2.15. The summed E-state index contributed by atoms with van der Waals surface area (Å²) in [7, 11) is 1.48. The van der Waals surface area contributed by atoms with E-state index >= 15 is 0 Å². The summed E-state index contributed by atoms with van der Waals surface area (Å²) in [5.74, 6) is -0.467. The zero-order valence-corrected chi connectivity index (χ0v) is 15.8. The summed E-state index contributed by atoms with van der Waals surface area (Å²) >= 11 is 0. The zero-order chi connectivity index (χ0) is 19.9.